The van der Waals surface area contributed by atoms with Gasteiger partial charge >= 0.3 is 0 Å². The van der Waals surface area contributed by atoms with E-state index in [0.717, 1.165) is 41.7 Å². The highest BCUT2D eigenvalue weighted by Gasteiger charge is 2.47. The van der Waals surface area contributed by atoms with Crippen LogP contribution in [0.1, 0.15) is 37.8 Å². The standard InChI is InChI=1S/C26H29N7O2S/c1-17-13-25(31-30-17)32(26-22-11-6-12-28-23(22)16-24(27)29-26)20-14-18-7-5-8-19(15-20)33(18)36(34,35)21-9-3-2-4-10-21/h2-4,6,9-13,16,18-20H,5,7-8,14-15H2,1H3,(H2,27,29)(H,30,31)/t18-,19+,20+. The normalized spacial score (nSPS) is 22.5. The molecule has 5 heterocycles. The highest BCUT2D eigenvalue weighted by atomic mass is 32.2. The number of hydrogen-bond acceptors (Lipinski definition) is 7. The van der Waals surface area contributed by atoms with Gasteiger partial charge in [-0.3, -0.25) is 10.1 Å². The van der Waals surface area contributed by atoms with Crippen LogP contribution in [0.5, 0.6) is 0 Å². The SMILES string of the molecule is Cc1cc(N(c2nc(N)cc3ncccc23)[C@H]2C[C@H]3CCC[C@@H](C2)N3S(=O)(=O)c2ccccc2)n[nH]1. The van der Waals surface area contributed by atoms with Crippen molar-refractivity contribution in [2.45, 2.75) is 62.0 Å². The molecule has 0 saturated carbocycles. The molecule has 2 fully saturated rings. The lowest BCUT2D eigenvalue weighted by molar-refractivity contribution is 0.110. The number of nitrogens with one attached hydrogen (secondary N) is 1. The van der Waals surface area contributed by atoms with Crippen LogP contribution in [-0.2, 0) is 10.0 Å². The zero-order valence-corrected chi connectivity index (χ0v) is 20.9. The number of rotatable bonds is 5. The number of anilines is 3. The van der Waals surface area contributed by atoms with Gasteiger partial charge in [-0.1, -0.05) is 24.6 Å². The Bertz CT molecular complexity index is 1490. The number of fused-ring (bicyclic) bond motifs is 3. The number of aryl methyl sites for hydroxylation is 1. The number of pyridine rings is 2. The number of piperidine rings is 2. The Hall–Kier alpha value is -3.50. The fraction of sp³-hybridized carbons (Fsp3) is 0.346. The van der Waals surface area contributed by atoms with Gasteiger partial charge in [-0.25, -0.2) is 13.4 Å². The van der Waals surface area contributed by atoms with Crippen molar-refractivity contribution in [1.29, 1.82) is 0 Å². The summed E-state index contributed by atoms with van der Waals surface area (Å²) in [5.41, 5.74) is 7.92. The average molecular weight is 504 g/mol. The van der Waals surface area contributed by atoms with Gasteiger partial charge in [0.2, 0.25) is 10.0 Å². The summed E-state index contributed by atoms with van der Waals surface area (Å²) in [6, 6.07) is 16.2. The van der Waals surface area contributed by atoms with E-state index < -0.39 is 10.0 Å². The maximum Gasteiger partial charge on any atom is 0.243 e. The number of nitrogens with zero attached hydrogens (tertiary/aromatic N) is 5. The molecule has 10 heteroatoms. The van der Waals surface area contributed by atoms with E-state index in [0.29, 0.717) is 29.4 Å². The van der Waals surface area contributed by atoms with Gasteiger partial charge in [0.15, 0.2) is 5.82 Å². The molecule has 3 N–H and O–H groups in total. The summed E-state index contributed by atoms with van der Waals surface area (Å²) in [6.45, 7) is 1.96. The first-order chi connectivity index (χ1) is 17.4. The quantitative estimate of drug-likeness (QED) is 0.419. The molecule has 4 aromatic rings. The smallest absolute Gasteiger partial charge is 0.243 e. The van der Waals surface area contributed by atoms with Crippen LogP contribution in [0.3, 0.4) is 0 Å². The first-order valence-electron chi connectivity index (χ1n) is 12.3. The molecule has 2 saturated heterocycles. The maximum atomic E-state index is 13.7. The average Bonchev–Trinajstić information content (AvgIpc) is 3.29. The summed E-state index contributed by atoms with van der Waals surface area (Å²) >= 11 is 0. The van der Waals surface area contributed by atoms with Gasteiger partial charge in [0.1, 0.15) is 11.6 Å². The highest BCUT2D eigenvalue weighted by molar-refractivity contribution is 7.89. The van der Waals surface area contributed by atoms with E-state index in [-0.39, 0.29) is 18.1 Å². The molecule has 186 valence electrons. The summed E-state index contributed by atoms with van der Waals surface area (Å²) in [5.74, 6) is 1.84. The Kier molecular flexibility index (Phi) is 5.65. The number of H-pyrrole nitrogens is 1. The number of aromatic nitrogens is 4. The molecule has 9 nitrogen and oxygen atoms in total. The third-order valence-electron chi connectivity index (χ3n) is 7.33. The molecule has 3 aromatic heterocycles. The summed E-state index contributed by atoms with van der Waals surface area (Å²) in [5, 5.41) is 8.52. The molecule has 0 aliphatic carbocycles. The van der Waals surface area contributed by atoms with Gasteiger partial charge in [0, 0.05) is 47.5 Å². The summed E-state index contributed by atoms with van der Waals surface area (Å²) in [4.78, 5) is 11.7. The molecule has 3 atom stereocenters. The molecule has 0 unspecified atom stereocenters. The van der Waals surface area contributed by atoms with Crippen molar-refractivity contribution in [3.8, 4) is 0 Å². The van der Waals surface area contributed by atoms with Crippen molar-refractivity contribution in [1.82, 2.24) is 24.5 Å². The largest absolute Gasteiger partial charge is 0.384 e. The number of sulfonamides is 1. The number of aromatic amines is 1. The van der Waals surface area contributed by atoms with E-state index in [1.807, 2.05) is 31.2 Å². The van der Waals surface area contributed by atoms with Crippen LogP contribution < -0.4 is 10.6 Å². The Morgan fingerprint density at radius 1 is 1.06 bits per heavy atom. The summed E-state index contributed by atoms with van der Waals surface area (Å²) < 4.78 is 29.2. The molecule has 2 aliphatic heterocycles. The number of nitrogens with two attached hydrogens (primary N) is 1. The molecule has 2 aliphatic rings. The van der Waals surface area contributed by atoms with Crippen molar-refractivity contribution in [2.75, 3.05) is 10.6 Å². The predicted molar refractivity (Wildman–Crippen MR) is 139 cm³/mol. The molecular formula is C26H29N7O2S. The van der Waals surface area contributed by atoms with Crippen LogP contribution in [-0.4, -0.2) is 51.0 Å². The topological polar surface area (TPSA) is 121 Å². The van der Waals surface area contributed by atoms with Crippen molar-refractivity contribution in [3.05, 3.63) is 66.5 Å². The van der Waals surface area contributed by atoms with Gasteiger partial charge in [-0.2, -0.15) is 9.40 Å². The highest BCUT2D eigenvalue weighted by Crippen LogP contribution is 2.43. The fourth-order valence-corrected chi connectivity index (χ4v) is 7.80. The molecule has 0 radical (unpaired) electrons. The first-order valence-corrected chi connectivity index (χ1v) is 13.8. The van der Waals surface area contributed by atoms with E-state index in [4.69, 9.17) is 10.7 Å². The molecular weight excluding hydrogens is 474 g/mol. The third-order valence-corrected chi connectivity index (χ3v) is 9.35. The van der Waals surface area contributed by atoms with Crippen molar-refractivity contribution < 1.29 is 8.42 Å². The van der Waals surface area contributed by atoms with Gasteiger partial charge in [-0.05, 0) is 56.9 Å². The van der Waals surface area contributed by atoms with E-state index in [9.17, 15) is 8.42 Å². The Balaban J connectivity index is 1.43. The monoisotopic (exact) mass is 503 g/mol. The van der Waals surface area contributed by atoms with E-state index >= 15 is 0 Å². The predicted octanol–water partition coefficient (Wildman–Crippen LogP) is 4.16. The second-order valence-corrected chi connectivity index (χ2v) is 11.6. The molecule has 6 rings (SSSR count). The molecule has 36 heavy (non-hydrogen) atoms. The van der Waals surface area contributed by atoms with E-state index in [1.54, 1.807) is 40.8 Å². The fourth-order valence-electron chi connectivity index (χ4n) is 5.88. The first kappa shape index (κ1) is 22.9. The lowest BCUT2D eigenvalue weighted by Gasteiger charge is -2.50. The van der Waals surface area contributed by atoms with Crippen molar-refractivity contribution >= 4 is 38.4 Å². The zero-order valence-electron chi connectivity index (χ0n) is 20.1. The van der Waals surface area contributed by atoms with Crippen LogP contribution in [0.25, 0.3) is 10.9 Å². The zero-order chi connectivity index (χ0) is 24.9. The molecule has 2 bridgehead atoms. The molecule has 0 spiro atoms. The van der Waals surface area contributed by atoms with Crippen LogP contribution in [0, 0.1) is 6.92 Å². The van der Waals surface area contributed by atoms with Gasteiger partial charge in [0.25, 0.3) is 0 Å². The molecule has 0 amide bonds. The summed E-state index contributed by atoms with van der Waals surface area (Å²) in [7, 11) is -3.59. The number of benzene rings is 1. The number of nitrogen functional groups attached to an aromatic ring is 1. The van der Waals surface area contributed by atoms with Crippen molar-refractivity contribution in [3.63, 3.8) is 0 Å². The van der Waals surface area contributed by atoms with Crippen LogP contribution in [0.15, 0.2) is 65.7 Å². The van der Waals surface area contributed by atoms with Crippen molar-refractivity contribution in [2.24, 2.45) is 0 Å². The Labute approximate surface area is 210 Å². The van der Waals surface area contributed by atoms with Crippen LogP contribution in [0.4, 0.5) is 17.5 Å². The van der Waals surface area contributed by atoms with Gasteiger partial charge < -0.3 is 10.6 Å². The Morgan fingerprint density at radius 3 is 2.50 bits per heavy atom. The minimum atomic E-state index is -3.59. The minimum absolute atomic E-state index is 0.00271. The Morgan fingerprint density at radius 2 is 1.81 bits per heavy atom. The van der Waals surface area contributed by atoms with Gasteiger partial charge in [-0.15, -0.1) is 0 Å². The second kappa shape index (κ2) is 8.86. The van der Waals surface area contributed by atoms with E-state index in [1.165, 1.54) is 0 Å². The van der Waals surface area contributed by atoms with E-state index in [2.05, 4.69) is 20.1 Å². The second-order valence-electron chi connectivity index (χ2n) is 9.73. The summed E-state index contributed by atoms with van der Waals surface area (Å²) in [6.07, 6.45) is 5.78. The van der Waals surface area contributed by atoms with Gasteiger partial charge in [0.05, 0.1) is 10.4 Å². The lowest BCUT2D eigenvalue weighted by atomic mass is 9.83. The third kappa shape index (κ3) is 3.90. The maximum absolute atomic E-state index is 13.7. The van der Waals surface area contributed by atoms with Crippen LogP contribution >= 0.6 is 0 Å². The number of hydrogen-bond donors (Lipinski definition) is 2. The van der Waals surface area contributed by atoms with Crippen LogP contribution in [0.2, 0.25) is 0 Å². The molecule has 1 aromatic carbocycles. The minimum Gasteiger partial charge on any atom is -0.384 e. The lowest BCUT2D eigenvalue weighted by Crippen LogP contribution is -2.58.